The van der Waals surface area contributed by atoms with Crippen molar-refractivity contribution in [3.05, 3.63) is 30.6 Å². The Kier molecular flexibility index (Phi) is 8.20. The van der Waals surface area contributed by atoms with Crippen molar-refractivity contribution >= 4 is 28.6 Å². The number of aryl methyl sites for hydroxylation is 1. The minimum atomic E-state index is -0.556. The molecule has 10 heteroatoms. The SMILES string of the molecule is CCn1cnc2c(Nc3ccc(OCCNCCOC)cc3)nc(NC(C)(C)CO)nc21. The smallest absolute Gasteiger partial charge is 0.227 e. The van der Waals surface area contributed by atoms with Crippen LogP contribution in [0.25, 0.3) is 11.2 Å². The monoisotopic (exact) mass is 443 g/mol. The Morgan fingerprint density at radius 1 is 1.09 bits per heavy atom. The van der Waals surface area contributed by atoms with Gasteiger partial charge in [-0.2, -0.15) is 9.97 Å². The number of fused-ring (bicyclic) bond motifs is 1. The summed E-state index contributed by atoms with van der Waals surface area (Å²) in [6.45, 7) is 9.31. The summed E-state index contributed by atoms with van der Waals surface area (Å²) in [6.07, 6.45) is 1.75. The molecule has 0 amide bonds. The van der Waals surface area contributed by atoms with E-state index in [-0.39, 0.29) is 6.61 Å². The number of hydrogen-bond donors (Lipinski definition) is 4. The van der Waals surface area contributed by atoms with E-state index < -0.39 is 5.54 Å². The number of imidazole rings is 1. The molecule has 32 heavy (non-hydrogen) atoms. The van der Waals surface area contributed by atoms with Gasteiger partial charge < -0.3 is 35.1 Å². The summed E-state index contributed by atoms with van der Waals surface area (Å²) in [7, 11) is 1.68. The van der Waals surface area contributed by atoms with E-state index in [9.17, 15) is 5.11 Å². The van der Waals surface area contributed by atoms with Crippen molar-refractivity contribution in [3.8, 4) is 5.75 Å². The van der Waals surface area contributed by atoms with Crippen LogP contribution in [-0.2, 0) is 11.3 Å². The average Bonchev–Trinajstić information content (AvgIpc) is 3.20. The Morgan fingerprint density at radius 2 is 1.84 bits per heavy atom. The molecule has 3 rings (SSSR count). The van der Waals surface area contributed by atoms with Crippen molar-refractivity contribution in [2.45, 2.75) is 32.9 Å². The number of nitrogens with one attached hydrogen (secondary N) is 3. The van der Waals surface area contributed by atoms with Crippen LogP contribution >= 0.6 is 0 Å². The molecule has 0 saturated carbocycles. The van der Waals surface area contributed by atoms with E-state index in [0.717, 1.165) is 36.7 Å². The molecule has 0 radical (unpaired) electrons. The van der Waals surface area contributed by atoms with Gasteiger partial charge in [0, 0.05) is 32.4 Å². The largest absolute Gasteiger partial charge is 0.492 e. The number of aliphatic hydroxyl groups excluding tert-OH is 1. The van der Waals surface area contributed by atoms with Gasteiger partial charge in [-0.25, -0.2) is 4.98 Å². The van der Waals surface area contributed by atoms with Crippen LogP contribution in [0.4, 0.5) is 17.5 Å². The molecule has 0 spiro atoms. The Morgan fingerprint density at radius 3 is 2.53 bits per heavy atom. The lowest BCUT2D eigenvalue weighted by molar-refractivity contribution is 0.197. The third-order valence-electron chi connectivity index (χ3n) is 4.80. The summed E-state index contributed by atoms with van der Waals surface area (Å²) < 4.78 is 12.7. The third kappa shape index (κ3) is 6.28. The zero-order valence-corrected chi connectivity index (χ0v) is 19.2. The Hall–Kier alpha value is -2.95. The van der Waals surface area contributed by atoms with Crippen LogP contribution in [0.3, 0.4) is 0 Å². The van der Waals surface area contributed by atoms with Crippen molar-refractivity contribution in [1.82, 2.24) is 24.8 Å². The second kappa shape index (κ2) is 11.1. The number of hydrogen-bond acceptors (Lipinski definition) is 9. The molecule has 1 aromatic carbocycles. The van der Waals surface area contributed by atoms with E-state index in [1.54, 1.807) is 13.4 Å². The molecule has 0 fully saturated rings. The summed E-state index contributed by atoms with van der Waals surface area (Å²) in [5.74, 6) is 1.81. The maximum atomic E-state index is 9.60. The highest BCUT2D eigenvalue weighted by molar-refractivity contribution is 5.86. The van der Waals surface area contributed by atoms with Gasteiger partial charge in [-0.05, 0) is 45.0 Å². The van der Waals surface area contributed by atoms with Gasteiger partial charge in [0.25, 0.3) is 0 Å². The molecule has 2 heterocycles. The van der Waals surface area contributed by atoms with Crippen molar-refractivity contribution in [3.63, 3.8) is 0 Å². The lowest BCUT2D eigenvalue weighted by atomic mass is 10.1. The molecule has 0 saturated heterocycles. The number of ether oxygens (including phenoxy) is 2. The maximum absolute atomic E-state index is 9.60. The standard InChI is InChI=1S/C22H33N7O3/c1-5-29-15-24-18-19(26-21(27-20(18)29)28-22(2,3)14-30)25-16-6-8-17(9-7-16)32-13-11-23-10-12-31-4/h6-9,15,23,30H,5,10-14H2,1-4H3,(H2,25,26,27,28). The molecule has 2 aromatic heterocycles. The average molecular weight is 444 g/mol. The number of anilines is 3. The van der Waals surface area contributed by atoms with Crippen LogP contribution in [-0.4, -0.2) is 70.2 Å². The zero-order valence-electron chi connectivity index (χ0n) is 19.2. The minimum Gasteiger partial charge on any atom is -0.492 e. The van der Waals surface area contributed by atoms with Crippen LogP contribution in [0.5, 0.6) is 5.75 Å². The first-order chi connectivity index (χ1) is 15.5. The molecule has 0 aliphatic rings. The number of methoxy groups -OCH3 is 1. The molecule has 0 atom stereocenters. The third-order valence-corrected chi connectivity index (χ3v) is 4.80. The predicted octanol–water partition coefficient (Wildman–Crippen LogP) is 2.39. The quantitative estimate of drug-likeness (QED) is 0.295. The highest BCUT2D eigenvalue weighted by Crippen LogP contribution is 2.26. The first kappa shape index (κ1) is 23.7. The van der Waals surface area contributed by atoms with Crippen LogP contribution in [0.15, 0.2) is 30.6 Å². The van der Waals surface area contributed by atoms with Crippen molar-refractivity contribution in [2.75, 3.05) is 50.7 Å². The minimum absolute atomic E-state index is 0.0481. The first-order valence-electron chi connectivity index (χ1n) is 10.8. The summed E-state index contributed by atoms with van der Waals surface area (Å²) in [4.78, 5) is 13.7. The summed E-state index contributed by atoms with van der Waals surface area (Å²) >= 11 is 0. The molecule has 0 aliphatic carbocycles. The van der Waals surface area contributed by atoms with Gasteiger partial charge in [0.1, 0.15) is 12.4 Å². The Balaban J connectivity index is 1.72. The van der Waals surface area contributed by atoms with Crippen LogP contribution in [0.1, 0.15) is 20.8 Å². The molecule has 4 N–H and O–H groups in total. The molecule has 10 nitrogen and oxygen atoms in total. The van der Waals surface area contributed by atoms with E-state index in [2.05, 4.69) is 30.9 Å². The molecule has 0 bridgehead atoms. The van der Waals surface area contributed by atoms with Gasteiger partial charge in [-0.1, -0.05) is 0 Å². The first-order valence-corrected chi connectivity index (χ1v) is 10.8. The van der Waals surface area contributed by atoms with Crippen molar-refractivity contribution in [1.29, 1.82) is 0 Å². The van der Waals surface area contributed by atoms with Gasteiger partial charge in [0.2, 0.25) is 5.95 Å². The van der Waals surface area contributed by atoms with Gasteiger partial charge >= 0.3 is 0 Å². The second-order valence-electron chi connectivity index (χ2n) is 8.01. The Bertz CT molecular complexity index is 989. The van der Waals surface area contributed by atoms with Crippen molar-refractivity contribution in [2.24, 2.45) is 0 Å². The van der Waals surface area contributed by atoms with Gasteiger partial charge in [-0.3, -0.25) is 0 Å². The fourth-order valence-corrected chi connectivity index (χ4v) is 2.97. The molecule has 174 valence electrons. The molecule has 3 aromatic rings. The highest BCUT2D eigenvalue weighted by Gasteiger charge is 2.20. The fourth-order valence-electron chi connectivity index (χ4n) is 2.97. The number of aromatic nitrogens is 4. The molecular formula is C22H33N7O3. The summed E-state index contributed by atoms with van der Waals surface area (Å²) in [5.41, 5.74) is 1.71. The van der Waals surface area contributed by atoms with E-state index >= 15 is 0 Å². The molecular weight excluding hydrogens is 410 g/mol. The zero-order chi connectivity index (χ0) is 23.0. The predicted molar refractivity (Wildman–Crippen MR) is 126 cm³/mol. The number of aliphatic hydroxyl groups is 1. The summed E-state index contributed by atoms with van der Waals surface area (Å²) in [6, 6.07) is 7.69. The van der Waals surface area contributed by atoms with Crippen LogP contribution in [0.2, 0.25) is 0 Å². The number of benzene rings is 1. The van der Waals surface area contributed by atoms with Gasteiger partial charge in [0.15, 0.2) is 17.0 Å². The number of rotatable bonds is 13. The van der Waals surface area contributed by atoms with Gasteiger partial charge in [0.05, 0.1) is 25.1 Å². The van der Waals surface area contributed by atoms with E-state index in [1.165, 1.54) is 0 Å². The molecule has 0 unspecified atom stereocenters. The van der Waals surface area contributed by atoms with E-state index in [4.69, 9.17) is 9.47 Å². The van der Waals surface area contributed by atoms with E-state index in [1.807, 2.05) is 49.6 Å². The molecule has 0 aliphatic heterocycles. The second-order valence-corrected chi connectivity index (χ2v) is 8.01. The van der Waals surface area contributed by atoms with E-state index in [0.29, 0.717) is 30.5 Å². The van der Waals surface area contributed by atoms with Crippen molar-refractivity contribution < 1.29 is 14.6 Å². The van der Waals surface area contributed by atoms with Crippen LogP contribution < -0.4 is 20.7 Å². The maximum Gasteiger partial charge on any atom is 0.227 e. The summed E-state index contributed by atoms with van der Waals surface area (Å²) in [5, 5.41) is 19.4. The Labute approximate surface area is 188 Å². The van der Waals surface area contributed by atoms with Gasteiger partial charge in [-0.15, -0.1) is 0 Å². The lowest BCUT2D eigenvalue weighted by Crippen LogP contribution is -2.35. The number of nitrogens with zero attached hydrogens (tertiary/aromatic N) is 4. The normalized spacial score (nSPS) is 11.7. The van der Waals surface area contributed by atoms with Crippen LogP contribution in [0, 0.1) is 0 Å². The highest BCUT2D eigenvalue weighted by atomic mass is 16.5. The lowest BCUT2D eigenvalue weighted by Gasteiger charge is -2.23. The fraction of sp³-hybridized carbons (Fsp3) is 0.500. The topological polar surface area (TPSA) is 118 Å².